The molecule has 7 heteroatoms. The molecule has 0 saturated heterocycles. The average molecular weight is 408 g/mol. The van der Waals surface area contributed by atoms with Crippen molar-refractivity contribution in [2.45, 2.75) is 26.2 Å². The zero-order valence-corrected chi connectivity index (χ0v) is 17.3. The number of hydrogen-bond donors (Lipinski definition) is 0. The summed E-state index contributed by atoms with van der Waals surface area (Å²) in [7, 11) is 0. The molecule has 0 spiro atoms. The summed E-state index contributed by atoms with van der Waals surface area (Å²) in [6.07, 6.45) is 2.01. The summed E-state index contributed by atoms with van der Waals surface area (Å²) >= 11 is 7.52. The van der Waals surface area contributed by atoms with E-state index in [1.807, 2.05) is 39.5 Å². The van der Waals surface area contributed by atoms with Crippen LogP contribution in [0.4, 0.5) is 0 Å². The van der Waals surface area contributed by atoms with Crippen molar-refractivity contribution in [2.24, 2.45) is 0 Å². The first kappa shape index (κ1) is 17.4. The fourth-order valence-corrected chi connectivity index (χ4v) is 4.23. The van der Waals surface area contributed by atoms with Crippen molar-refractivity contribution < 1.29 is 0 Å². The monoisotopic (exact) mass is 407 g/mol. The van der Waals surface area contributed by atoms with Gasteiger partial charge in [0.1, 0.15) is 0 Å². The van der Waals surface area contributed by atoms with E-state index in [4.69, 9.17) is 16.6 Å². The predicted octanol–water partition coefficient (Wildman–Crippen LogP) is 5.72. The van der Waals surface area contributed by atoms with Gasteiger partial charge >= 0.3 is 0 Å². The summed E-state index contributed by atoms with van der Waals surface area (Å²) in [6.45, 7) is 6.64. The summed E-state index contributed by atoms with van der Waals surface area (Å²) in [5.74, 6) is 0.807. The third-order valence-electron chi connectivity index (χ3n) is 4.82. The van der Waals surface area contributed by atoms with Crippen LogP contribution in [0.1, 0.15) is 26.3 Å². The molecule has 0 saturated carbocycles. The zero-order valence-electron chi connectivity index (χ0n) is 15.7. The maximum Gasteiger partial charge on any atom is 0.235 e. The standard InChI is InChI=1S/C21H18ClN5S/c1-21(2,3)15-8-4-14(5-9-15)18-24-25-20-27(18)26-12-17(23-19(26)28-20)13-6-10-16(22)11-7-13/h4-12H,1-3H3. The second kappa shape index (κ2) is 6.15. The number of fused-ring (bicyclic) bond motifs is 3. The molecule has 0 radical (unpaired) electrons. The highest BCUT2D eigenvalue weighted by Gasteiger charge is 2.18. The molecular formula is C21H18ClN5S. The van der Waals surface area contributed by atoms with Crippen LogP contribution in [-0.2, 0) is 5.41 Å². The van der Waals surface area contributed by atoms with Gasteiger partial charge < -0.3 is 0 Å². The molecule has 0 fully saturated rings. The third-order valence-corrected chi connectivity index (χ3v) is 5.97. The number of nitrogens with zero attached hydrogens (tertiary/aromatic N) is 5. The van der Waals surface area contributed by atoms with Gasteiger partial charge in [-0.05, 0) is 23.1 Å². The molecule has 5 rings (SSSR count). The van der Waals surface area contributed by atoms with E-state index in [0.29, 0.717) is 5.02 Å². The van der Waals surface area contributed by atoms with Gasteiger partial charge in [-0.1, -0.05) is 80.1 Å². The smallest absolute Gasteiger partial charge is 0.223 e. The molecule has 3 heterocycles. The van der Waals surface area contributed by atoms with Crippen LogP contribution in [0, 0.1) is 0 Å². The molecule has 2 aromatic carbocycles. The number of halogens is 1. The Morgan fingerprint density at radius 3 is 2.21 bits per heavy atom. The fraction of sp³-hybridized carbons (Fsp3) is 0.190. The summed E-state index contributed by atoms with van der Waals surface area (Å²) in [6, 6.07) is 16.2. The fourth-order valence-electron chi connectivity index (χ4n) is 3.23. The molecule has 0 aliphatic heterocycles. The van der Waals surface area contributed by atoms with Crippen LogP contribution in [0.3, 0.4) is 0 Å². The first-order valence-corrected chi connectivity index (χ1v) is 10.2. The Hall–Kier alpha value is -2.70. The van der Waals surface area contributed by atoms with Crippen molar-refractivity contribution >= 4 is 32.9 Å². The van der Waals surface area contributed by atoms with Crippen molar-refractivity contribution in [3.63, 3.8) is 0 Å². The average Bonchev–Trinajstić information content (AvgIpc) is 3.32. The van der Waals surface area contributed by atoms with Gasteiger partial charge in [0.25, 0.3) is 0 Å². The second-order valence-electron chi connectivity index (χ2n) is 7.81. The maximum absolute atomic E-state index is 6.00. The molecule has 0 N–H and O–H groups in total. The van der Waals surface area contributed by atoms with E-state index >= 15 is 0 Å². The van der Waals surface area contributed by atoms with E-state index in [-0.39, 0.29) is 5.41 Å². The molecule has 0 amide bonds. The highest BCUT2D eigenvalue weighted by Crippen LogP contribution is 2.29. The lowest BCUT2D eigenvalue weighted by Gasteiger charge is -2.18. The molecular weight excluding hydrogens is 390 g/mol. The lowest BCUT2D eigenvalue weighted by Crippen LogP contribution is -2.10. The Morgan fingerprint density at radius 1 is 0.857 bits per heavy atom. The quantitative estimate of drug-likeness (QED) is 0.375. The molecule has 140 valence electrons. The molecule has 5 nitrogen and oxygen atoms in total. The molecule has 0 atom stereocenters. The van der Waals surface area contributed by atoms with Crippen molar-refractivity contribution in [2.75, 3.05) is 0 Å². The van der Waals surface area contributed by atoms with Crippen LogP contribution in [0.2, 0.25) is 5.02 Å². The SMILES string of the molecule is CC(C)(C)c1ccc(-c2nnc3sc4nc(-c5ccc(Cl)cc5)cn4n23)cc1. The molecule has 5 aromatic rings. The highest BCUT2D eigenvalue weighted by molar-refractivity contribution is 7.21. The van der Waals surface area contributed by atoms with Gasteiger partial charge in [0.2, 0.25) is 9.92 Å². The summed E-state index contributed by atoms with van der Waals surface area (Å²) in [5, 5.41) is 9.48. The van der Waals surface area contributed by atoms with Crippen LogP contribution in [-0.4, -0.2) is 24.2 Å². The van der Waals surface area contributed by atoms with E-state index in [2.05, 4.69) is 55.2 Å². The minimum atomic E-state index is 0.117. The highest BCUT2D eigenvalue weighted by atomic mass is 35.5. The normalized spacial score (nSPS) is 12.3. The second-order valence-corrected chi connectivity index (χ2v) is 9.18. The Labute approximate surface area is 171 Å². The van der Waals surface area contributed by atoms with Gasteiger partial charge in [0, 0.05) is 16.1 Å². The Balaban J connectivity index is 1.63. The number of benzene rings is 2. The molecule has 0 aliphatic carbocycles. The Bertz CT molecular complexity index is 1290. The minimum Gasteiger partial charge on any atom is -0.223 e. The van der Waals surface area contributed by atoms with Crippen LogP contribution >= 0.6 is 22.9 Å². The number of aromatic nitrogens is 5. The molecule has 28 heavy (non-hydrogen) atoms. The summed E-state index contributed by atoms with van der Waals surface area (Å²) < 4.78 is 4.02. The lowest BCUT2D eigenvalue weighted by atomic mass is 9.87. The Morgan fingerprint density at radius 2 is 1.54 bits per heavy atom. The topological polar surface area (TPSA) is 47.5 Å². The van der Waals surface area contributed by atoms with Crippen LogP contribution in [0.25, 0.3) is 32.6 Å². The van der Waals surface area contributed by atoms with E-state index in [0.717, 1.165) is 32.6 Å². The van der Waals surface area contributed by atoms with E-state index in [9.17, 15) is 0 Å². The predicted molar refractivity (Wildman–Crippen MR) is 114 cm³/mol. The molecule has 0 bridgehead atoms. The van der Waals surface area contributed by atoms with Crippen molar-refractivity contribution in [3.8, 4) is 22.6 Å². The maximum atomic E-state index is 6.00. The van der Waals surface area contributed by atoms with E-state index in [1.165, 1.54) is 16.9 Å². The lowest BCUT2D eigenvalue weighted by molar-refractivity contribution is 0.590. The van der Waals surface area contributed by atoms with Crippen molar-refractivity contribution in [1.29, 1.82) is 0 Å². The van der Waals surface area contributed by atoms with Crippen LogP contribution in [0.5, 0.6) is 0 Å². The van der Waals surface area contributed by atoms with Gasteiger partial charge in [-0.15, -0.1) is 10.2 Å². The van der Waals surface area contributed by atoms with E-state index in [1.54, 1.807) is 0 Å². The van der Waals surface area contributed by atoms with Gasteiger partial charge in [-0.2, -0.15) is 4.52 Å². The largest absolute Gasteiger partial charge is 0.235 e. The molecule has 3 aromatic heterocycles. The van der Waals surface area contributed by atoms with Crippen molar-refractivity contribution in [3.05, 3.63) is 65.3 Å². The molecule has 0 unspecified atom stereocenters. The third kappa shape index (κ3) is 2.80. The molecule has 0 aliphatic rings. The number of rotatable bonds is 2. The van der Waals surface area contributed by atoms with Crippen LogP contribution < -0.4 is 0 Å². The van der Waals surface area contributed by atoms with Gasteiger partial charge in [0.15, 0.2) is 5.82 Å². The Kier molecular flexibility index (Phi) is 3.82. The van der Waals surface area contributed by atoms with Gasteiger partial charge in [-0.25, -0.2) is 9.50 Å². The summed E-state index contributed by atoms with van der Waals surface area (Å²) in [5.41, 5.74) is 4.36. The number of hydrogen-bond acceptors (Lipinski definition) is 4. The first-order valence-electron chi connectivity index (χ1n) is 9.00. The van der Waals surface area contributed by atoms with Crippen LogP contribution in [0.15, 0.2) is 54.7 Å². The minimum absolute atomic E-state index is 0.117. The first-order chi connectivity index (χ1) is 13.4. The number of imidazole rings is 1. The van der Waals surface area contributed by atoms with Crippen molar-refractivity contribution in [1.82, 2.24) is 24.2 Å². The summed E-state index contributed by atoms with van der Waals surface area (Å²) in [4.78, 5) is 6.45. The zero-order chi connectivity index (χ0) is 19.5. The van der Waals surface area contributed by atoms with E-state index < -0.39 is 0 Å². The van der Waals surface area contributed by atoms with Gasteiger partial charge in [0.05, 0.1) is 11.9 Å². The van der Waals surface area contributed by atoms with Gasteiger partial charge in [-0.3, -0.25) is 0 Å².